The first-order valence-electron chi connectivity index (χ1n) is 9.34. The molecule has 1 aliphatic carbocycles. The average molecular weight is 339 g/mol. The quantitative estimate of drug-likeness (QED) is 0.615. The fourth-order valence-electron chi connectivity index (χ4n) is 3.14. The third-order valence-corrected chi connectivity index (χ3v) is 4.62. The second-order valence-electron chi connectivity index (χ2n) is 6.94. The maximum atomic E-state index is 6.05. The zero-order chi connectivity index (χ0) is 17.5. The van der Waals surface area contributed by atoms with Gasteiger partial charge in [-0.15, -0.1) is 0 Å². The van der Waals surface area contributed by atoms with Crippen LogP contribution in [-0.2, 0) is 13.2 Å². The van der Waals surface area contributed by atoms with Gasteiger partial charge in [0.2, 0.25) is 0 Å². The molecule has 1 fully saturated rings. The molecule has 0 heterocycles. The van der Waals surface area contributed by atoms with Gasteiger partial charge in [-0.05, 0) is 55.0 Å². The third-order valence-electron chi connectivity index (χ3n) is 4.62. The predicted molar refractivity (Wildman–Crippen MR) is 102 cm³/mol. The van der Waals surface area contributed by atoms with Crippen molar-refractivity contribution >= 4 is 0 Å². The average Bonchev–Trinajstić information content (AvgIpc) is 3.45. The van der Waals surface area contributed by atoms with Gasteiger partial charge >= 0.3 is 0 Å². The number of hydrogen-bond acceptors (Lipinski definition) is 3. The molecule has 0 unspecified atom stereocenters. The van der Waals surface area contributed by atoms with E-state index >= 15 is 0 Å². The highest BCUT2D eigenvalue weighted by Gasteiger charge is 2.24. The van der Waals surface area contributed by atoms with Gasteiger partial charge in [0.1, 0.15) is 6.61 Å². The smallest absolute Gasteiger partial charge is 0.161 e. The van der Waals surface area contributed by atoms with Gasteiger partial charge in [0, 0.05) is 13.1 Å². The van der Waals surface area contributed by atoms with Gasteiger partial charge in [0.05, 0.1) is 7.11 Å². The lowest BCUT2D eigenvalue weighted by molar-refractivity contribution is 0.253. The van der Waals surface area contributed by atoms with Gasteiger partial charge in [-0.1, -0.05) is 43.3 Å². The van der Waals surface area contributed by atoms with Gasteiger partial charge in [0.15, 0.2) is 11.5 Å². The molecule has 0 saturated heterocycles. The molecule has 3 rings (SSSR count). The Labute approximate surface area is 151 Å². The summed E-state index contributed by atoms with van der Waals surface area (Å²) >= 11 is 0. The Balaban J connectivity index is 1.67. The van der Waals surface area contributed by atoms with Crippen LogP contribution in [0.4, 0.5) is 0 Å². The standard InChI is InChI=1S/C22H29NO2/c1-3-13-23(15-18-9-10-18)16-20-11-12-21(24-2)22(14-20)25-17-19-7-5-4-6-8-19/h4-8,11-12,14,18H,3,9-10,13,15-17H2,1-2H3. The van der Waals surface area contributed by atoms with Gasteiger partial charge in [-0.3, -0.25) is 4.90 Å². The largest absolute Gasteiger partial charge is 0.493 e. The van der Waals surface area contributed by atoms with Crippen LogP contribution in [-0.4, -0.2) is 25.1 Å². The molecule has 0 aromatic heterocycles. The summed E-state index contributed by atoms with van der Waals surface area (Å²) in [5.41, 5.74) is 2.45. The molecular weight excluding hydrogens is 310 g/mol. The first-order chi connectivity index (χ1) is 12.3. The molecule has 0 aliphatic heterocycles. The molecule has 3 nitrogen and oxygen atoms in total. The van der Waals surface area contributed by atoms with Crippen molar-refractivity contribution < 1.29 is 9.47 Å². The molecule has 0 atom stereocenters. The summed E-state index contributed by atoms with van der Waals surface area (Å²) in [6.07, 6.45) is 3.99. The second kappa shape index (κ2) is 8.91. The van der Waals surface area contributed by atoms with Crippen molar-refractivity contribution in [1.82, 2.24) is 4.90 Å². The maximum Gasteiger partial charge on any atom is 0.161 e. The van der Waals surface area contributed by atoms with E-state index in [0.29, 0.717) is 6.61 Å². The third kappa shape index (κ3) is 5.50. The van der Waals surface area contributed by atoms with Crippen molar-refractivity contribution in [2.45, 2.75) is 39.3 Å². The molecule has 3 heteroatoms. The van der Waals surface area contributed by atoms with E-state index < -0.39 is 0 Å². The molecular formula is C22H29NO2. The lowest BCUT2D eigenvalue weighted by atomic mass is 10.1. The number of rotatable bonds is 10. The van der Waals surface area contributed by atoms with Crippen LogP contribution in [0.3, 0.4) is 0 Å². The van der Waals surface area contributed by atoms with Crippen LogP contribution < -0.4 is 9.47 Å². The molecule has 1 aliphatic rings. The Bertz CT molecular complexity index is 652. The number of hydrogen-bond donors (Lipinski definition) is 0. The Kier molecular flexibility index (Phi) is 6.35. The maximum absolute atomic E-state index is 6.05. The van der Waals surface area contributed by atoms with E-state index in [4.69, 9.17) is 9.47 Å². The Morgan fingerprint density at radius 1 is 1.00 bits per heavy atom. The van der Waals surface area contributed by atoms with Crippen LogP contribution in [0.5, 0.6) is 11.5 Å². The van der Waals surface area contributed by atoms with Crippen LogP contribution in [0.25, 0.3) is 0 Å². The monoisotopic (exact) mass is 339 g/mol. The number of methoxy groups -OCH3 is 1. The van der Waals surface area contributed by atoms with Crippen molar-refractivity contribution in [2.24, 2.45) is 5.92 Å². The minimum absolute atomic E-state index is 0.557. The van der Waals surface area contributed by atoms with E-state index in [-0.39, 0.29) is 0 Å². The van der Waals surface area contributed by atoms with Gasteiger partial charge < -0.3 is 9.47 Å². The van der Waals surface area contributed by atoms with Gasteiger partial charge in [-0.2, -0.15) is 0 Å². The van der Waals surface area contributed by atoms with E-state index in [1.165, 1.54) is 31.4 Å². The highest BCUT2D eigenvalue weighted by atomic mass is 16.5. The summed E-state index contributed by atoms with van der Waals surface area (Å²) in [7, 11) is 1.70. The minimum Gasteiger partial charge on any atom is -0.493 e. The molecule has 0 bridgehead atoms. The molecule has 2 aromatic carbocycles. The summed E-state index contributed by atoms with van der Waals surface area (Å²) in [5, 5.41) is 0. The topological polar surface area (TPSA) is 21.7 Å². The second-order valence-corrected chi connectivity index (χ2v) is 6.94. The molecule has 25 heavy (non-hydrogen) atoms. The molecule has 0 spiro atoms. The van der Waals surface area contributed by atoms with Crippen molar-refractivity contribution in [1.29, 1.82) is 0 Å². The SMILES string of the molecule is CCCN(Cc1ccc(OC)c(OCc2ccccc2)c1)CC1CC1. The number of ether oxygens (including phenoxy) is 2. The lowest BCUT2D eigenvalue weighted by Crippen LogP contribution is -2.26. The first-order valence-corrected chi connectivity index (χ1v) is 9.34. The first kappa shape index (κ1) is 17.8. The summed E-state index contributed by atoms with van der Waals surface area (Å²) in [4.78, 5) is 2.57. The molecule has 1 saturated carbocycles. The zero-order valence-corrected chi connectivity index (χ0v) is 15.4. The van der Waals surface area contributed by atoms with Gasteiger partial charge in [-0.25, -0.2) is 0 Å². The fourth-order valence-corrected chi connectivity index (χ4v) is 3.14. The molecule has 134 valence electrons. The van der Waals surface area contributed by atoms with E-state index in [9.17, 15) is 0 Å². The van der Waals surface area contributed by atoms with E-state index in [1.807, 2.05) is 24.3 Å². The van der Waals surface area contributed by atoms with Crippen LogP contribution in [0.1, 0.15) is 37.3 Å². The van der Waals surface area contributed by atoms with Crippen LogP contribution in [0, 0.1) is 5.92 Å². The lowest BCUT2D eigenvalue weighted by Gasteiger charge is -2.22. The van der Waals surface area contributed by atoms with E-state index in [2.05, 4.69) is 36.1 Å². The molecule has 0 amide bonds. The Morgan fingerprint density at radius 3 is 2.48 bits per heavy atom. The van der Waals surface area contributed by atoms with Crippen molar-refractivity contribution in [3.05, 3.63) is 59.7 Å². The zero-order valence-electron chi connectivity index (χ0n) is 15.4. The van der Waals surface area contributed by atoms with E-state index in [0.717, 1.165) is 36.1 Å². The van der Waals surface area contributed by atoms with Crippen molar-refractivity contribution in [2.75, 3.05) is 20.2 Å². The summed E-state index contributed by atoms with van der Waals surface area (Å²) in [6, 6.07) is 16.6. The number of nitrogens with zero attached hydrogens (tertiary/aromatic N) is 1. The summed E-state index contributed by atoms with van der Waals surface area (Å²) < 4.78 is 11.5. The highest BCUT2D eigenvalue weighted by Crippen LogP contribution is 2.32. The fraction of sp³-hybridized carbons (Fsp3) is 0.455. The van der Waals surface area contributed by atoms with Crippen LogP contribution in [0.2, 0.25) is 0 Å². The highest BCUT2D eigenvalue weighted by molar-refractivity contribution is 5.43. The Hall–Kier alpha value is -2.00. The summed E-state index contributed by atoms with van der Waals surface area (Å²) in [6.45, 7) is 6.17. The van der Waals surface area contributed by atoms with E-state index in [1.54, 1.807) is 7.11 Å². The molecule has 0 N–H and O–H groups in total. The Morgan fingerprint density at radius 2 is 1.80 bits per heavy atom. The van der Waals surface area contributed by atoms with Crippen molar-refractivity contribution in [3.63, 3.8) is 0 Å². The predicted octanol–water partition coefficient (Wildman–Crippen LogP) is 4.90. The molecule has 0 radical (unpaired) electrons. The normalized spacial score (nSPS) is 13.9. The summed E-state index contributed by atoms with van der Waals surface area (Å²) in [5.74, 6) is 2.54. The molecule has 2 aromatic rings. The van der Waals surface area contributed by atoms with Crippen molar-refractivity contribution in [3.8, 4) is 11.5 Å². The number of benzene rings is 2. The van der Waals surface area contributed by atoms with Crippen LogP contribution in [0.15, 0.2) is 48.5 Å². The van der Waals surface area contributed by atoms with Gasteiger partial charge in [0.25, 0.3) is 0 Å². The minimum atomic E-state index is 0.557. The van der Waals surface area contributed by atoms with Crippen LogP contribution >= 0.6 is 0 Å².